The second-order valence-corrected chi connectivity index (χ2v) is 6.52. The number of nitrogens with two attached hydrogens (primary N) is 2. The molecule has 3 aromatic heterocycles. The normalized spacial score (nSPS) is 11.7. The zero-order chi connectivity index (χ0) is 15.5. The van der Waals surface area contributed by atoms with Gasteiger partial charge in [0, 0.05) is 13.0 Å². The largest absolute Gasteiger partial charge is 0.382 e. The predicted molar refractivity (Wildman–Crippen MR) is 94.2 cm³/mol. The number of nitrogen functional groups attached to an aromatic ring is 1. The average Bonchev–Trinajstić information content (AvgIpc) is 3.10. The lowest BCUT2D eigenvalue weighted by atomic mass is 10.2. The Kier molecular flexibility index (Phi) is 4.59. The molecule has 0 aromatic carbocycles. The monoisotopic (exact) mass is 317 g/mol. The van der Waals surface area contributed by atoms with Gasteiger partial charge in [-0.1, -0.05) is 13.3 Å². The molecule has 0 amide bonds. The van der Waals surface area contributed by atoms with Crippen LogP contribution in [0, 0.1) is 0 Å². The first kappa shape index (κ1) is 15.2. The lowest BCUT2D eigenvalue weighted by molar-refractivity contribution is 0.593. The highest BCUT2D eigenvalue weighted by Crippen LogP contribution is 2.32. The van der Waals surface area contributed by atoms with Crippen molar-refractivity contribution in [3.63, 3.8) is 0 Å². The number of fused-ring (bicyclic) bond motifs is 3. The molecule has 5 nitrogen and oxygen atoms in total. The molecule has 0 atom stereocenters. The van der Waals surface area contributed by atoms with Crippen LogP contribution in [0.2, 0.25) is 0 Å². The summed E-state index contributed by atoms with van der Waals surface area (Å²) in [5, 5.41) is 2.07. The predicted octanol–water partition coefficient (Wildman–Crippen LogP) is 3.31. The van der Waals surface area contributed by atoms with Gasteiger partial charge < -0.3 is 16.0 Å². The third-order valence-electron chi connectivity index (χ3n) is 3.98. The molecule has 0 radical (unpaired) electrons. The molecule has 0 fully saturated rings. The second kappa shape index (κ2) is 6.62. The molecular formula is C16H23N5S. The summed E-state index contributed by atoms with van der Waals surface area (Å²) in [6, 6.07) is 2.03. The zero-order valence-corrected chi connectivity index (χ0v) is 13.8. The molecule has 6 heteroatoms. The minimum absolute atomic E-state index is 0.538. The topological polar surface area (TPSA) is 82.8 Å². The smallest absolute Gasteiger partial charge is 0.152 e. The van der Waals surface area contributed by atoms with E-state index < -0.39 is 0 Å². The van der Waals surface area contributed by atoms with Crippen molar-refractivity contribution >= 4 is 38.4 Å². The van der Waals surface area contributed by atoms with Crippen molar-refractivity contribution < 1.29 is 0 Å². The highest BCUT2D eigenvalue weighted by Gasteiger charge is 2.17. The van der Waals surface area contributed by atoms with Gasteiger partial charge in [0.2, 0.25) is 0 Å². The summed E-state index contributed by atoms with van der Waals surface area (Å²) >= 11 is 1.71. The molecule has 0 aliphatic carbocycles. The maximum absolute atomic E-state index is 6.14. The maximum Gasteiger partial charge on any atom is 0.152 e. The Morgan fingerprint density at radius 3 is 2.86 bits per heavy atom. The summed E-state index contributed by atoms with van der Waals surface area (Å²) in [4.78, 5) is 9.30. The van der Waals surface area contributed by atoms with Crippen LogP contribution in [0.25, 0.3) is 21.3 Å². The van der Waals surface area contributed by atoms with Gasteiger partial charge in [-0.2, -0.15) is 0 Å². The van der Waals surface area contributed by atoms with E-state index in [2.05, 4.69) is 21.9 Å². The number of hydrogen-bond acceptors (Lipinski definition) is 5. The summed E-state index contributed by atoms with van der Waals surface area (Å²) < 4.78 is 3.53. The van der Waals surface area contributed by atoms with Crippen LogP contribution in [-0.4, -0.2) is 21.1 Å². The zero-order valence-electron chi connectivity index (χ0n) is 13.0. The summed E-state index contributed by atoms with van der Waals surface area (Å²) in [5.74, 6) is 1.67. The van der Waals surface area contributed by atoms with Crippen molar-refractivity contribution in [2.75, 3.05) is 12.3 Å². The molecular weight excluding hydrogens is 294 g/mol. The van der Waals surface area contributed by atoms with Crippen LogP contribution in [0.15, 0.2) is 11.4 Å². The fraction of sp³-hybridized carbons (Fsp3) is 0.500. The first-order chi connectivity index (χ1) is 10.8. The minimum Gasteiger partial charge on any atom is -0.382 e. The number of thiophene rings is 1. The molecule has 3 heterocycles. The van der Waals surface area contributed by atoms with E-state index in [1.54, 1.807) is 11.3 Å². The third-order valence-corrected chi connectivity index (χ3v) is 4.89. The molecule has 0 aliphatic rings. The number of aryl methyl sites for hydroxylation is 2. The number of nitrogens with zero attached hydrogens (tertiary/aromatic N) is 3. The van der Waals surface area contributed by atoms with E-state index in [4.69, 9.17) is 16.5 Å². The summed E-state index contributed by atoms with van der Waals surface area (Å²) in [6.07, 6.45) is 5.38. The van der Waals surface area contributed by atoms with E-state index in [0.29, 0.717) is 5.82 Å². The Labute approximate surface area is 134 Å². The number of pyridine rings is 1. The minimum atomic E-state index is 0.538. The van der Waals surface area contributed by atoms with E-state index in [9.17, 15) is 0 Å². The van der Waals surface area contributed by atoms with E-state index in [-0.39, 0.29) is 0 Å². The van der Waals surface area contributed by atoms with Gasteiger partial charge in [-0.3, -0.25) is 0 Å². The molecule has 0 spiro atoms. The lowest BCUT2D eigenvalue weighted by Crippen LogP contribution is -2.07. The van der Waals surface area contributed by atoms with Crippen LogP contribution in [0.1, 0.15) is 38.4 Å². The highest BCUT2D eigenvalue weighted by molar-refractivity contribution is 7.18. The summed E-state index contributed by atoms with van der Waals surface area (Å²) in [5.41, 5.74) is 14.8. The third kappa shape index (κ3) is 2.68. The number of rotatable bonds is 7. The standard InChI is InChI=1S/C16H23N5S/c1-2-3-6-12-20-13-14(21(12)9-5-4-8-17)15-11(7-10-22-15)19-16(13)18/h7,10H,2-6,8-9,17H2,1H3,(H2,18,19). The molecule has 118 valence electrons. The number of anilines is 1. The van der Waals surface area contributed by atoms with Crippen LogP contribution in [0.4, 0.5) is 5.82 Å². The van der Waals surface area contributed by atoms with Gasteiger partial charge in [0.1, 0.15) is 11.3 Å². The number of imidazole rings is 1. The summed E-state index contributed by atoms with van der Waals surface area (Å²) in [6.45, 7) is 3.88. The fourth-order valence-electron chi connectivity index (χ4n) is 2.84. The van der Waals surface area contributed by atoms with Crippen molar-refractivity contribution in [1.29, 1.82) is 0 Å². The molecule has 0 bridgehead atoms. The molecule has 3 rings (SSSR count). The molecule has 0 aliphatic heterocycles. The number of aromatic nitrogens is 3. The van der Waals surface area contributed by atoms with E-state index in [1.807, 2.05) is 6.07 Å². The van der Waals surface area contributed by atoms with E-state index in [0.717, 1.165) is 67.6 Å². The van der Waals surface area contributed by atoms with Crippen molar-refractivity contribution in [2.45, 2.75) is 45.6 Å². The van der Waals surface area contributed by atoms with Crippen LogP contribution < -0.4 is 11.5 Å². The van der Waals surface area contributed by atoms with Crippen molar-refractivity contribution in [2.24, 2.45) is 5.73 Å². The molecule has 22 heavy (non-hydrogen) atoms. The van der Waals surface area contributed by atoms with Gasteiger partial charge in [0.05, 0.1) is 15.7 Å². The van der Waals surface area contributed by atoms with Crippen molar-refractivity contribution in [1.82, 2.24) is 14.5 Å². The van der Waals surface area contributed by atoms with Crippen LogP contribution in [0.3, 0.4) is 0 Å². The Morgan fingerprint density at radius 2 is 2.09 bits per heavy atom. The van der Waals surface area contributed by atoms with Gasteiger partial charge >= 0.3 is 0 Å². The Morgan fingerprint density at radius 1 is 1.23 bits per heavy atom. The SMILES string of the molecule is CCCCc1nc2c(N)nc3ccsc3c2n1CCCCN. The number of unbranched alkanes of at least 4 members (excludes halogenated alkanes) is 2. The van der Waals surface area contributed by atoms with E-state index >= 15 is 0 Å². The second-order valence-electron chi connectivity index (χ2n) is 5.61. The molecule has 0 unspecified atom stereocenters. The quantitative estimate of drug-likeness (QED) is 0.655. The first-order valence-corrected chi connectivity index (χ1v) is 8.86. The van der Waals surface area contributed by atoms with Crippen LogP contribution >= 0.6 is 11.3 Å². The Bertz CT molecular complexity index is 774. The molecule has 0 saturated heterocycles. The lowest BCUT2D eigenvalue weighted by Gasteiger charge is -2.09. The Hall–Kier alpha value is -1.66. The van der Waals surface area contributed by atoms with Crippen molar-refractivity contribution in [3.8, 4) is 0 Å². The Balaban J connectivity index is 2.15. The fourth-order valence-corrected chi connectivity index (χ4v) is 3.73. The van der Waals surface area contributed by atoms with Gasteiger partial charge in [0.25, 0.3) is 0 Å². The highest BCUT2D eigenvalue weighted by atomic mass is 32.1. The van der Waals surface area contributed by atoms with Crippen LogP contribution in [-0.2, 0) is 13.0 Å². The van der Waals surface area contributed by atoms with Crippen LogP contribution in [0.5, 0.6) is 0 Å². The molecule has 3 aromatic rings. The van der Waals surface area contributed by atoms with Gasteiger partial charge in [0.15, 0.2) is 5.82 Å². The molecule has 4 N–H and O–H groups in total. The first-order valence-electron chi connectivity index (χ1n) is 7.98. The molecule has 0 saturated carbocycles. The van der Waals surface area contributed by atoms with Crippen molar-refractivity contribution in [3.05, 3.63) is 17.3 Å². The van der Waals surface area contributed by atoms with Gasteiger partial charge in [-0.15, -0.1) is 11.3 Å². The maximum atomic E-state index is 6.14. The van der Waals surface area contributed by atoms with Gasteiger partial charge in [-0.25, -0.2) is 9.97 Å². The number of hydrogen-bond donors (Lipinski definition) is 2. The van der Waals surface area contributed by atoms with Gasteiger partial charge in [-0.05, 0) is 37.3 Å². The van der Waals surface area contributed by atoms with E-state index in [1.165, 1.54) is 4.70 Å². The average molecular weight is 317 g/mol. The summed E-state index contributed by atoms with van der Waals surface area (Å²) in [7, 11) is 0.